The summed E-state index contributed by atoms with van der Waals surface area (Å²) in [4.78, 5) is 4.45. The van der Waals surface area contributed by atoms with E-state index in [1.165, 1.54) is 0 Å². The molecule has 0 fully saturated rings. The van der Waals surface area contributed by atoms with Crippen molar-refractivity contribution in [1.29, 1.82) is 0 Å². The van der Waals surface area contributed by atoms with Gasteiger partial charge in [0.25, 0.3) is 0 Å². The number of benzene rings is 2. The Balaban J connectivity index is 2.05. The number of hydrogen-bond donors (Lipinski definition) is 1. The molecule has 0 saturated carbocycles. The van der Waals surface area contributed by atoms with Crippen molar-refractivity contribution in [2.24, 2.45) is 0 Å². The third kappa shape index (κ3) is 2.09. The predicted octanol–water partition coefficient (Wildman–Crippen LogP) is 4.74. The first kappa shape index (κ1) is 11.2. The number of rotatable bonds is 2. The Morgan fingerprint density at radius 1 is 0.889 bits per heavy atom. The van der Waals surface area contributed by atoms with Crippen LogP contribution in [0, 0.1) is 0 Å². The minimum Gasteiger partial charge on any atom is -0.353 e. The smallest absolute Gasteiger partial charge is 0.0721 e. The van der Waals surface area contributed by atoms with E-state index in [0.717, 1.165) is 26.8 Å². The maximum Gasteiger partial charge on any atom is 0.0721 e. The molecule has 0 unspecified atom stereocenters. The van der Waals surface area contributed by atoms with Crippen molar-refractivity contribution in [1.82, 2.24) is 4.98 Å². The topological polar surface area (TPSA) is 24.9 Å². The molecule has 0 radical (unpaired) electrons. The molecule has 1 heterocycles. The molecule has 0 aliphatic rings. The number of nitrogens with one attached hydrogen (secondary N) is 1. The van der Waals surface area contributed by atoms with Crippen LogP contribution in [-0.2, 0) is 0 Å². The Kier molecular flexibility index (Phi) is 2.99. The molecule has 0 saturated heterocycles. The molecule has 3 rings (SSSR count). The van der Waals surface area contributed by atoms with Gasteiger partial charge in [0.15, 0.2) is 0 Å². The molecule has 1 aromatic heterocycles. The summed E-state index contributed by atoms with van der Waals surface area (Å²) in [5.74, 6) is 0. The third-order valence-electron chi connectivity index (χ3n) is 2.76. The monoisotopic (exact) mass is 298 g/mol. The summed E-state index contributed by atoms with van der Waals surface area (Å²) >= 11 is 3.64. The first-order chi connectivity index (χ1) is 8.84. The van der Waals surface area contributed by atoms with Crippen LogP contribution in [0.1, 0.15) is 0 Å². The van der Waals surface area contributed by atoms with Crippen LogP contribution < -0.4 is 5.32 Å². The van der Waals surface area contributed by atoms with E-state index in [9.17, 15) is 0 Å². The van der Waals surface area contributed by atoms with E-state index in [1.54, 1.807) is 0 Å². The molecule has 2 nitrogen and oxygen atoms in total. The Labute approximate surface area is 114 Å². The van der Waals surface area contributed by atoms with Gasteiger partial charge in [-0.15, -0.1) is 0 Å². The summed E-state index contributed by atoms with van der Waals surface area (Å²) < 4.78 is 1.04. The number of aromatic nitrogens is 1. The van der Waals surface area contributed by atoms with Gasteiger partial charge in [-0.1, -0.05) is 36.4 Å². The second-order valence-corrected chi connectivity index (χ2v) is 4.79. The molecule has 0 aliphatic carbocycles. The van der Waals surface area contributed by atoms with Gasteiger partial charge in [0.2, 0.25) is 0 Å². The highest BCUT2D eigenvalue weighted by Gasteiger charge is 2.05. The molecule has 88 valence electrons. The molecule has 3 heteroatoms. The van der Waals surface area contributed by atoms with Gasteiger partial charge in [-0.25, -0.2) is 0 Å². The van der Waals surface area contributed by atoms with Crippen LogP contribution in [0.4, 0.5) is 11.4 Å². The number of fused-ring (bicyclic) bond motifs is 1. The van der Waals surface area contributed by atoms with Crippen molar-refractivity contribution in [2.45, 2.75) is 0 Å². The molecule has 0 atom stereocenters. The summed E-state index contributed by atoms with van der Waals surface area (Å²) in [7, 11) is 0. The first-order valence-corrected chi connectivity index (χ1v) is 6.49. The van der Waals surface area contributed by atoms with Crippen LogP contribution in [0.5, 0.6) is 0 Å². The second kappa shape index (κ2) is 4.78. The summed E-state index contributed by atoms with van der Waals surface area (Å²) in [5, 5.41) is 4.46. The zero-order valence-electron chi connectivity index (χ0n) is 9.60. The van der Waals surface area contributed by atoms with Gasteiger partial charge in [0.1, 0.15) is 0 Å². The molecule has 18 heavy (non-hydrogen) atoms. The highest BCUT2D eigenvalue weighted by Crippen LogP contribution is 2.31. The van der Waals surface area contributed by atoms with E-state index in [4.69, 9.17) is 0 Å². The largest absolute Gasteiger partial charge is 0.353 e. The van der Waals surface area contributed by atoms with Crippen LogP contribution in [0.15, 0.2) is 65.3 Å². The number of pyridine rings is 1. The summed E-state index contributed by atoms with van der Waals surface area (Å²) in [6, 6.07) is 18.1. The number of halogens is 1. The fourth-order valence-corrected chi connectivity index (χ4v) is 2.41. The van der Waals surface area contributed by atoms with Gasteiger partial charge >= 0.3 is 0 Å². The number of hydrogen-bond acceptors (Lipinski definition) is 2. The van der Waals surface area contributed by atoms with Crippen LogP contribution in [0.3, 0.4) is 0 Å². The zero-order chi connectivity index (χ0) is 12.4. The molecular formula is C15H11BrN2. The van der Waals surface area contributed by atoms with Crippen LogP contribution in [0.2, 0.25) is 0 Å². The number of nitrogens with zero attached hydrogens (tertiary/aromatic N) is 1. The quantitative estimate of drug-likeness (QED) is 0.739. The molecule has 0 spiro atoms. The van der Waals surface area contributed by atoms with E-state index >= 15 is 0 Å². The number of para-hydroxylation sites is 2. The normalized spacial score (nSPS) is 10.5. The Morgan fingerprint density at radius 3 is 2.44 bits per heavy atom. The van der Waals surface area contributed by atoms with Crippen molar-refractivity contribution in [2.75, 3.05) is 5.32 Å². The van der Waals surface area contributed by atoms with Gasteiger partial charge in [0, 0.05) is 11.1 Å². The maximum atomic E-state index is 4.45. The molecule has 0 bridgehead atoms. The summed E-state index contributed by atoms with van der Waals surface area (Å²) in [5.41, 5.74) is 3.01. The molecule has 2 aromatic carbocycles. The lowest BCUT2D eigenvalue weighted by Gasteiger charge is -2.10. The van der Waals surface area contributed by atoms with Crippen LogP contribution >= 0.6 is 15.9 Å². The fourth-order valence-electron chi connectivity index (χ4n) is 1.87. The summed E-state index contributed by atoms with van der Waals surface area (Å²) in [6.45, 7) is 0. The van der Waals surface area contributed by atoms with E-state index in [0.29, 0.717) is 0 Å². The SMILES string of the molecule is Brc1c(Nc2ccccc2)cnc2ccccc12. The van der Waals surface area contributed by atoms with Gasteiger partial charge < -0.3 is 5.32 Å². The van der Waals surface area contributed by atoms with Gasteiger partial charge in [-0.05, 0) is 34.1 Å². The average molecular weight is 299 g/mol. The lowest BCUT2D eigenvalue weighted by molar-refractivity contribution is 1.38. The lowest BCUT2D eigenvalue weighted by Crippen LogP contribution is -1.93. The average Bonchev–Trinajstić information content (AvgIpc) is 2.43. The van der Waals surface area contributed by atoms with Crippen LogP contribution in [0.25, 0.3) is 10.9 Å². The molecule has 1 N–H and O–H groups in total. The maximum absolute atomic E-state index is 4.45. The standard InChI is InChI=1S/C15H11BrN2/c16-15-12-8-4-5-9-13(12)17-10-14(15)18-11-6-2-1-3-7-11/h1-10,18H. The first-order valence-electron chi connectivity index (χ1n) is 5.70. The van der Waals surface area contributed by atoms with E-state index in [2.05, 4.69) is 32.3 Å². The number of anilines is 2. The minimum atomic E-state index is 0.972. The molecular weight excluding hydrogens is 288 g/mol. The Hall–Kier alpha value is -1.87. The molecule has 0 amide bonds. The minimum absolute atomic E-state index is 0.972. The van der Waals surface area contributed by atoms with Crippen molar-refractivity contribution < 1.29 is 0 Å². The second-order valence-electron chi connectivity index (χ2n) is 3.99. The van der Waals surface area contributed by atoms with Crippen molar-refractivity contribution in [3.05, 3.63) is 65.3 Å². The highest BCUT2D eigenvalue weighted by molar-refractivity contribution is 9.10. The van der Waals surface area contributed by atoms with Gasteiger partial charge in [0.05, 0.1) is 21.9 Å². The van der Waals surface area contributed by atoms with Crippen LogP contribution in [-0.4, -0.2) is 4.98 Å². The lowest BCUT2D eigenvalue weighted by atomic mass is 10.2. The van der Waals surface area contributed by atoms with E-state index in [1.807, 2.05) is 54.7 Å². The van der Waals surface area contributed by atoms with Gasteiger partial charge in [-0.3, -0.25) is 4.98 Å². The summed E-state index contributed by atoms with van der Waals surface area (Å²) in [6.07, 6.45) is 1.85. The van der Waals surface area contributed by atoms with Gasteiger partial charge in [-0.2, -0.15) is 0 Å². The molecule has 0 aliphatic heterocycles. The predicted molar refractivity (Wildman–Crippen MR) is 79.2 cm³/mol. The van der Waals surface area contributed by atoms with Crippen molar-refractivity contribution >= 4 is 38.2 Å². The highest BCUT2D eigenvalue weighted by atomic mass is 79.9. The molecule has 3 aromatic rings. The zero-order valence-corrected chi connectivity index (χ0v) is 11.2. The van der Waals surface area contributed by atoms with E-state index < -0.39 is 0 Å². The Morgan fingerprint density at radius 2 is 1.61 bits per heavy atom. The third-order valence-corrected chi connectivity index (χ3v) is 3.62. The van der Waals surface area contributed by atoms with Crippen molar-refractivity contribution in [3.63, 3.8) is 0 Å². The fraction of sp³-hybridized carbons (Fsp3) is 0. The van der Waals surface area contributed by atoms with Crippen molar-refractivity contribution in [3.8, 4) is 0 Å². The Bertz CT molecular complexity index is 680. The van der Waals surface area contributed by atoms with E-state index in [-0.39, 0.29) is 0 Å².